The van der Waals surface area contributed by atoms with Gasteiger partial charge in [0.05, 0.1) is 6.61 Å². The standard InChI is InChI=1S/C13H16O/c1-9-3-2-4-10-7-11-5-6-14-13(11)8-12(9)10/h7-9H,2-6H2,1H3. The van der Waals surface area contributed by atoms with E-state index in [0.717, 1.165) is 24.7 Å². The van der Waals surface area contributed by atoms with Crippen molar-refractivity contribution in [1.82, 2.24) is 0 Å². The normalized spacial score (nSPS) is 23.9. The lowest BCUT2D eigenvalue weighted by atomic mass is 9.83. The van der Waals surface area contributed by atoms with Gasteiger partial charge in [0.15, 0.2) is 0 Å². The van der Waals surface area contributed by atoms with E-state index >= 15 is 0 Å². The van der Waals surface area contributed by atoms with Crippen molar-refractivity contribution >= 4 is 0 Å². The van der Waals surface area contributed by atoms with Crippen LogP contribution in [0.2, 0.25) is 0 Å². The van der Waals surface area contributed by atoms with E-state index < -0.39 is 0 Å². The molecule has 1 heterocycles. The molecule has 0 spiro atoms. The van der Waals surface area contributed by atoms with Gasteiger partial charge in [-0.05, 0) is 47.9 Å². The lowest BCUT2D eigenvalue weighted by Gasteiger charge is -2.23. The van der Waals surface area contributed by atoms with Crippen LogP contribution in [-0.2, 0) is 12.8 Å². The van der Waals surface area contributed by atoms with Crippen LogP contribution in [0.5, 0.6) is 5.75 Å². The fourth-order valence-corrected chi connectivity index (χ4v) is 2.72. The molecule has 0 aromatic heterocycles. The van der Waals surface area contributed by atoms with E-state index in [-0.39, 0.29) is 0 Å². The second kappa shape index (κ2) is 3.01. The van der Waals surface area contributed by atoms with E-state index in [9.17, 15) is 0 Å². The summed E-state index contributed by atoms with van der Waals surface area (Å²) in [6.45, 7) is 3.21. The highest BCUT2D eigenvalue weighted by molar-refractivity contribution is 5.46. The van der Waals surface area contributed by atoms with Crippen molar-refractivity contribution < 1.29 is 4.74 Å². The number of hydrogen-bond donors (Lipinski definition) is 0. The van der Waals surface area contributed by atoms with Gasteiger partial charge in [-0.1, -0.05) is 13.0 Å². The molecular weight excluding hydrogens is 172 g/mol. The average Bonchev–Trinajstić information content (AvgIpc) is 2.62. The highest BCUT2D eigenvalue weighted by atomic mass is 16.5. The molecule has 0 amide bonds. The van der Waals surface area contributed by atoms with Crippen LogP contribution in [0.25, 0.3) is 0 Å². The first-order chi connectivity index (χ1) is 6.84. The number of benzene rings is 1. The largest absolute Gasteiger partial charge is 0.493 e. The average molecular weight is 188 g/mol. The van der Waals surface area contributed by atoms with Crippen LogP contribution < -0.4 is 4.74 Å². The molecule has 0 saturated heterocycles. The Kier molecular flexibility index (Phi) is 1.79. The van der Waals surface area contributed by atoms with Gasteiger partial charge in [0.1, 0.15) is 5.75 Å². The van der Waals surface area contributed by atoms with Gasteiger partial charge in [-0.3, -0.25) is 0 Å². The Morgan fingerprint density at radius 3 is 3.07 bits per heavy atom. The van der Waals surface area contributed by atoms with Crippen molar-refractivity contribution in [3.63, 3.8) is 0 Å². The molecule has 1 aliphatic heterocycles. The molecule has 3 rings (SSSR count). The van der Waals surface area contributed by atoms with Gasteiger partial charge in [0.25, 0.3) is 0 Å². The predicted octanol–water partition coefficient (Wildman–Crippen LogP) is 3.06. The first-order valence-electron chi connectivity index (χ1n) is 5.63. The monoisotopic (exact) mass is 188 g/mol. The molecule has 1 nitrogen and oxygen atoms in total. The number of aryl methyl sites for hydroxylation is 1. The Morgan fingerprint density at radius 1 is 1.21 bits per heavy atom. The predicted molar refractivity (Wildman–Crippen MR) is 57.0 cm³/mol. The van der Waals surface area contributed by atoms with Gasteiger partial charge >= 0.3 is 0 Å². The van der Waals surface area contributed by atoms with Crippen LogP contribution >= 0.6 is 0 Å². The van der Waals surface area contributed by atoms with Gasteiger partial charge in [-0.25, -0.2) is 0 Å². The van der Waals surface area contributed by atoms with Gasteiger partial charge < -0.3 is 4.74 Å². The van der Waals surface area contributed by atoms with Gasteiger partial charge in [-0.15, -0.1) is 0 Å². The summed E-state index contributed by atoms with van der Waals surface area (Å²) < 4.78 is 5.61. The van der Waals surface area contributed by atoms with Crippen molar-refractivity contribution in [3.05, 3.63) is 28.8 Å². The zero-order valence-corrected chi connectivity index (χ0v) is 8.68. The molecule has 1 atom stereocenters. The van der Waals surface area contributed by atoms with Crippen LogP contribution in [0.3, 0.4) is 0 Å². The van der Waals surface area contributed by atoms with Crippen LogP contribution in [0.15, 0.2) is 12.1 Å². The molecule has 74 valence electrons. The van der Waals surface area contributed by atoms with E-state index in [1.165, 1.54) is 30.4 Å². The number of fused-ring (bicyclic) bond motifs is 2. The lowest BCUT2D eigenvalue weighted by Crippen LogP contribution is -2.07. The third kappa shape index (κ3) is 1.15. The van der Waals surface area contributed by atoms with E-state index in [1.807, 2.05) is 0 Å². The Morgan fingerprint density at radius 2 is 2.14 bits per heavy atom. The summed E-state index contributed by atoms with van der Waals surface area (Å²) in [5.41, 5.74) is 4.54. The zero-order chi connectivity index (χ0) is 9.54. The second-order valence-electron chi connectivity index (χ2n) is 4.55. The minimum atomic E-state index is 0.730. The molecule has 0 fully saturated rings. The Hall–Kier alpha value is -0.980. The van der Waals surface area contributed by atoms with Gasteiger partial charge in [-0.2, -0.15) is 0 Å². The molecule has 1 heteroatoms. The summed E-state index contributed by atoms with van der Waals surface area (Å²) in [4.78, 5) is 0. The maximum atomic E-state index is 5.61. The van der Waals surface area contributed by atoms with E-state index in [4.69, 9.17) is 4.74 Å². The highest BCUT2D eigenvalue weighted by Gasteiger charge is 2.21. The number of rotatable bonds is 0. The molecule has 1 unspecified atom stereocenters. The van der Waals surface area contributed by atoms with Crippen molar-refractivity contribution in [2.75, 3.05) is 6.61 Å². The maximum absolute atomic E-state index is 5.61. The fraction of sp³-hybridized carbons (Fsp3) is 0.538. The zero-order valence-electron chi connectivity index (χ0n) is 8.68. The van der Waals surface area contributed by atoms with Crippen molar-refractivity contribution in [1.29, 1.82) is 0 Å². The quantitative estimate of drug-likeness (QED) is 0.608. The first kappa shape index (κ1) is 8.34. The third-order valence-electron chi connectivity index (χ3n) is 3.57. The first-order valence-corrected chi connectivity index (χ1v) is 5.63. The Balaban J connectivity index is 2.12. The van der Waals surface area contributed by atoms with Gasteiger partial charge in [0.2, 0.25) is 0 Å². The number of ether oxygens (including phenoxy) is 1. The van der Waals surface area contributed by atoms with Gasteiger partial charge in [0, 0.05) is 6.42 Å². The summed E-state index contributed by atoms with van der Waals surface area (Å²) >= 11 is 0. The highest BCUT2D eigenvalue weighted by Crippen LogP contribution is 2.37. The summed E-state index contributed by atoms with van der Waals surface area (Å²) in [6.07, 6.45) is 5.07. The fourth-order valence-electron chi connectivity index (χ4n) is 2.72. The molecule has 0 bridgehead atoms. The van der Waals surface area contributed by atoms with Crippen LogP contribution in [0.4, 0.5) is 0 Å². The van der Waals surface area contributed by atoms with Crippen molar-refractivity contribution in [2.45, 2.75) is 38.5 Å². The molecule has 2 aliphatic rings. The van der Waals surface area contributed by atoms with Crippen molar-refractivity contribution in [2.24, 2.45) is 0 Å². The summed E-state index contributed by atoms with van der Waals surface area (Å²) in [6, 6.07) is 4.68. The van der Waals surface area contributed by atoms with Crippen LogP contribution in [0.1, 0.15) is 42.4 Å². The van der Waals surface area contributed by atoms with E-state index in [2.05, 4.69) is 19.1 Å². The van der Waals surface area contributed by atoms with Crippen molar-refractivity contribution in [3.8, 4) is 5.75 Å². The van der Waals surface area contributed by atoms with Crippen LogP contribution in [0, 0.1) is 0 Å². The SMILES string of the molecule is CC1CCCc2cc3c(cc21)OCC3. The van der Waals surface area contributed by atoms with E-state index in [1.54, 1.807) is 5.56 Å². The minimum Gasteiger partial charge on any atom is -0.493 e. The molecule has 14 heavy (non-hydrogen) atoms. The molecule has 0 radical (unpaired) electrons. The smallest absolute Gasteiger partial charge is 0.122 e. The summed E-state index contributed by atoms with van der Waals surface area (Å²) in [5.74, 6) is 1.88. The number of hydrogen-bond acceptors (Lipinski definition) is 1. The second-order valence-corrected chi connectivity index (χ2v) is 4.55. The lowest BCUT2D eigenvalue weighted by molar-refractivity contribution is 0.356. The maximum Gasteiger partial charge on any atom is 0.122 e. The van der Waals surface area contributed by atoms with E-state index in [0.29, 0.717) is 0 Å². The molecule has 0 saturated carbocycles. The molecular formula is C13H16O. The third-order valence-corrected chi connectivity index (χ3v) is 3.57. The Labute approximate surface area is 85.1 Å². The molecule has 1 aliphatic carbocycles. The topological polar surface area (TPSA) is 9.23 Å². The Bertz CT molecular complexity index is 368. The summed E-state index contributed by atoms with van der Waals surface area (Å²) in [7, 11) is 0. The molecule has 1 aromatic carbocycles. The molecule has 1 aromatic rings. The summed E-state index contributed by atoms with van der Waals surface area (Å²) in [5, 5.41) is 0. The minimum absolute atomic E-state index is 0.730. The molecule has 0 N–H and O–H groups in total. The van der Waals surface area contributed by atoms with Crippen LogP contribution in [-0.4, -0.2) is 6.61 Å².